The maximum absolute atomic E-state index is 3.72. The molecule has 0 aromatic heterocycles. The number of likely N-dealkylation sites (N-methyl/N-ethyl adjacent to an activating group) is 1. The lowest BCUT2D eigenvalue weighted by atomic mass is 10.3. The minimum absolute atomic E-state index is 0.796. The highest BCUT2D eigenvalue weighted by Gasteiger charge is 1.96. The standard InChI is InChI=1S/C7H12N2/c1-6(2)7(3)9(5)8-4/h1,3-4H2,2,5H3. The monoisotopic (exact) mass is 124 g/mol. The zero-order valence-corrected chi connectivity index (χ0v) is 6.02. The Morgan fingerprint density at radius 1 is 1.44 bits per heavy atom. The highest BCUT2D eigenvalue weighted by molar-refractivity contribution is 5.26. The normalized spacial score (nSPS) is 8.22. The molecule has 0 saturated heterocycles. The lowest BCUT2D eigenvalue weighted by Gasteiger charge is -2.13. The van der Waals surface area contributed by atoms with Gasteiger partial charge in [0.25, 0.3) is 0 Å². The van der Waals surface area contributed by atoms with Gasteiger partial charge in [0.05, 0.1) is 5.70 Å². The second-order valence-corrected chi connectivity index (χ2v) is 1.89. The van der Waals surface area contributed by atoms with Crippen molar-refractivity contribution in [2.24, 2.45) is 5.10 Å². The lowest BCUT2D eigenvalue weighted by molar-refractivity contribution is 0.461. The molecule has 2 heteroatoms. The van der Waals surface area contributed by atoms with Gasteiger partial charge in [-0.05, 0) is 12.5 Å². The molecule has 0 spiro atoms. The van der Waals surface area contributed by atoms with Crippen LogP contribution in [-0.2, 0) is 0 Å². The molecule has 50 valence electrons. The average molecular weight is 124 g/mol. The third-order valence-electron chi connectivity index (χ3n) is 1.10. The van der Waals surface area contributed by atoms with Gasteiger partial charge in [-0.3, -0.25) is 5.01 Å². The van der Waals surface area contributed by atoms with Crippen molar-refractivity contribution in [3.05, 3.63) is 24.4 Å². The summed E-state index contributed by atoms with van der Waals surface area (Å²) in [7, 11) is 1.78. The third kappa shape index (κ3) is 2.13. The van der Waals surface area contributed by atoms with Gasteiger partial charge in [0.2, 0.25) is 0 Å². The summed E-state index contributed by atoms with van der Waals surface area (Å²) in [5.74, 6) is 0. The number of rotatable bonds is 3. The third-order valence-corrected chi connectivity index (χ3v) is 1.10. The van der Waals surface area contributed by atoms with Gasteiger partial charge < -0.3 is 0 Å². The van der Waals surface area contributed by atoms with E-state index in [0.717, 1.165) is 11.3 Å². The van der Waals surface area contributed by atoms with Crippen LogP contribution in [0.2, 0.25) is 0 Å². The molecule has 9 heavy (non-hydrogen) atoms. The van der Waals surface area contributed by atoms with Crippen molar-refractivity contribution in [1.29, 1.82) is 0 Å². The molecule has 0 rings (SSSR count). The molecule has 0 fully saturated rings. The fourth-order valence-corrected chi connectivity index (χ4v) is 0.362. The molecule has 0 aromatic carbocycles. The second-order valence-electron chi connectivity index (χ2n) is 1.89. The number of allylic oxidation sites excluding steroid dienone is 1. The topological polar surface area (TPSA) is 15.6 Å². The molecule has 0 aliphatic rings. The quantitative estimate of drug-likeness (QED) is 0.317. The average Bonchev–Trinajstić information content (AvgIpc) is 1.84. The van der Waals surface area contributed by atoms with Crippen molar-refractivity contribution in [1.82, 2.24) is 5.01 Å². The maximum Gasteiger partial charge on any atom is 0.0541 e. The molecule has 0 amide bonds. The van der Waals surface area contributed by atoms with Crippen molar-refractivity contribution in [2.45, 2.75) is 6.92 Å². The molecule has 0 bridgehead atoms. The van der Waals surface area contributed by atoms with Crippen LogP contribution >= 0.6 is 0 Å². The first-order valence-corrected chi connectivity index (χ1v) is 2.64. The first-order chi connectivity index (χ1) is 4.09. The molecular weight excluding hydrogens is 112 g/mol. The summed E-state index contributed by atoms with van der Waals surface area (Å²) in [5.41, 5.74) is 1.70. The minimum atomic E-state index is 0.796. The van der Waals surface area contributed by atoms with E-state index in [0.29, 0.717) is 0 Å². The molecule has 2 nitrogen and oxygen atoms in total. The molecule has 0 heterocycles. The van der Waals surface area contributed by atoms with Crippen LogP contribution in [0.1, 0.15) is 6.92 Å². The van der Waals surface area contributed by atoms with E-state index in [1.165, 1.54) is 0 Å². The Labute approximate surface area is 56.2 Å². The maximum atomic E-state index is 3.72. The Morgan fingerprint density at radius 3 is 2.00 bits per heavy atom. The highest BCUT2D eigenvalue weighted by atomic mass is 15.4. The molecule has 0 N–H and O–H groups in total. The van der Waals surface area contributed by atoms with Gasteiger partial charge in [-0.2, -0.15) is 5.10 Å². The smallest absolute Gasteiger partial charge is 0.0541 e. The number of nitrogens with zero attached hydrogens (tertiary/aromatic N) is 2. The summed E-state index contributed by atoms with van der Waals surface area (Å²) in [5, 5.41) is 5.22. The van der Waals surface area contributed by atoms with E-state index in [4.69, 9.17) is 0 Å². The fourth-order valence-electron chi connectivity index (χ4n) is 0.362. The Morgan fingerprint density at radius 2 is 1.89 bits per heavy atom. The van der Waals surface area contributed by atoms with Gasteiger partial charge in [-0.15, -0.1) is 0 Å². The summed E-state index contributed by atoms with van der Waals surface area (Å²) < 4.78 is 0. The van der Waals surface area contributed by atoms with Crippen molar-refractivity contribution < 1.29 is 0 Å². The Bertz CT molecular complexity index is 147. The summed E-state index contributed by atoms with van der Waals surface area (Å²) in [6, 6.07) is 0. The summed E-state index contributed by atoms with van der Waals surface area (Å²) in [6.45, 7) is 12.6. The zero-order chi connectivity index (χ0) is 7.44. The molecule has 0 radical (unpaired) electrons. The van der Waals surface area contributed by atoms with Crippen molar-refractivity contribution in [3.63, 3.8) is 0 Å². The van der Waals surface area contributed by atoms with Gasteiger partial charge in [0.15, 0.2) is 0 Å². The fraction of sp³-hybridized carbons (Fsp3) is 0.286. The van der Waals surface area contributed by atoms with E-state index in [-0.39, 0.29) is 0 Å². The lowest BCUT2D eigenvalue weighted by Crippen LogP contribution is -2.08. The van der Waals surface area contributed by atoms with Gasteiger partial charge >= 0.3 is 0 Å². The largest absolute Gasteiger partial charge is 0.270 e. The van der Waals surface area contributed by atoms with Gasteiger partial charge in [-0.1, -0.05) is 13.2 Å². The molecule has 0 unspecified atom stereocenters. The van der Waals surface area contributed by atoms with Crippen LogP contribution in [0.25, 0.3) is 0 Å². The van der Waals surface area contributed by atoms with E-state index in [1.54, 1.807) is 12.1 Å². The Hall–Kier alpha value is -1.05. The van der Waals surface area contributed by atoms with E-state index in [1.807, 2.05) is 6.92 Å². The predicted octanol–water partition coefficient (Wildman–Crippen LogP) is 1.62. The van der Waals surface area contributed by atoms with Crippen molar-refractivity contribution >= 4 is 6.72 Å². The summed E-state index contributed by atoms with van der Waals surface area (Å²) >= 11 is 0. The zero-order valence-electron chi connectivity index (χ0n) is 6.02. The summed E-state index contributed by atoms with van der Waals surface area (Å²) in [4.78, 5) is 0. The van der Waals surface area contributed by atoms with Crippen LogP contribution in [0.5, 0.6) is 0 Å². The SMILES string of the molecule is C=NN(C)C(=C)C(=C)C. The van der Waals surface area contributed by atoms with E-state index >= 15 is 0 Å². The van der Waals surface area contributed by atoms with Gasteiger partial charge in [0.1, 0.15) is 0 Å². The van der Waals surface area contributed by atoms with Gasteiger partial charge in [0, 0.05) is 13.8 Å². The second kappa shape index (κ2) is 3.07. The Kier molecular flexibility index (Phi) is 2.71. The molecule has 0 aromatic rings. The molecule has 0 saturated carbocycles. The van der Waals surface area contributed by atoms with Crippen LogP contribution in [0, 0.1) is 0 Å². The van der Waals surface area contributed by atoms with E-state index in [9.17, 15) is 0 Å². The number of hydrogen-bond donors (Lipinski definition) is 0. The molecule has 0 aliphatic carbocycles. The number of hydrazone groups is 1. The van der Waals surface area contributed by atoms with Crippen molar-refractivity contribution in [2.75, 3.05) is 7.05 Å². The predicted molar refractivity (Wildman–Crippen MR) is 41.3 cm³/mol. The minimum Gasteiger partial charge on any atom is -0.270 e. The first-order valence-electron chi connectivity index (χ1n) is 2.64. The van der Waals surface area contributed by atoms with E-state index in [2.05, 4.69) is 25.0 Å². The highest BCUT2D eigenvalue weighted by Crippen LogP contribution is 2.06. The van der Waals surface area contributed by atoms with Gasteiger partial charge in [-0.25, -0.2) is 0 Å². The summed E-state index contributed by atoms with van der Waals surface area (Å²) in [6.07, 6.45) is 0. The van der Waals surface area contributed by atoms with Crippen molar-refractivity contribution in [3.8, 4) is 0 Å². The molecule has 0 aliphatic heterocycles. The van der Waals surface area contributed by atoms with Crippen LogP contribution < -0.4 is 0 Å². The van der Waals surface area contributed by atoms with E-state index < -0.39 is 0 Å². The molecular formula is C7H12N2. The molecule has 0 atom stereocenters. The van der Waals surface area contributed by atoms with Crippen LogP contribution in [0.4, 0.5) is 0 Å². The van der Waals surface area contributed by atoms with Crippen LogP contribution in [0.15, 0.2) is 29.5 Å². The first kappa shape index (κ1) is 7.95. The van der Waals surface area contributed by atoms with Crippen LogP contribution in [0.3, 0.4) is 0 Å². The van der Waals surface area contributed by atoms with Crippen LogP contribution in [-0.4, -0.2) is 18.8 Å². The Balaban J connectivity index is 4.03. The number of hydrogen-bond acceptors (Lipinski definition) is 2.